The molecule has 3 heteroatoms. The molecule has 1 aromatic heterocycles. The normalized spacial score (nSPS) is 18.3. The van der Waals surface area contributed by atoms with Gasteiger partial charge in [0, 0.05) is 13.1 Å². The fourth-order valence-electron chi connectivity index (χ4n) is 1.92. The molecule has 1 aliphatic rings. The quantitative estimate of drug-likeness (QED) is 0.798. The van der Waals surface area contributed by atoms with Crippen molar-refractivity contribution in [1.82, 2.24) is 9.78 Å². The van der Waals surface area contributed by atoms with Gasteiger partial charge in [-0.25, -0.2) is 0 Å². The van der Waals surface area contributed by atoms with E-state index in [0.717, 1.165) is 11.6 Å². The van der Waals surface area contributed by atoms with Crippen molar-refractivity contribution in [2.24, 2.45) is 13.0 Å². The van der Waals surface area contributed by atoms with E-state index in [2.05, 4.69) is 31.2 Å². The molecule has 1 unspecified atom stereocenters. The molecule has 78 valence electrons. The number of nitrogens with one attached hydrogen (secondary N) is 1. The maximum absolute atomic E-state index is 4.40. The van der Waals surface area contributed by atoms with Crippen molar-refractivity contribution in [1.29, 1.82) is 0 Å². The van der Waals surface area contributed by atoms with Crippen LogP contribution in [0.15, 0.2) is 0 Å². The highest BCUT2D eigenvalue weighted by Gasteiger charge is 2.28. The van der Waals surface area contributed by atoms with Gasteiger partial charge in [-0.2, -0.15) is 5.10 Å². The molecule has 0 bridgehead atoms. The van der Waals surface area contributed by atoms with Crippen LogP contribution in [0.3, 0.4) is 0 Å². The van der Waals surface area contributed by atoms with Gasteiger partial charge in [0.1, 0.15) is 0 Å². The van der Waals surface area contributed by atoms with Crippen LogP contribution in [-0.4, -0.2) is 15.8 Å². The molecule has 1 aliphatic carbocycles. The molecule has 1 N–H and O–H groups in total. The van der Waals surface area contributed by atoms with Crippen LogP contribution in [-0.2, 0) is 7.05 Å². The molecule has 2 rings (SSSR count). The fourth-order valence-corrected chi connectivity index (χ4v) is 1.92. The molecular weight excluding hydrogens is 174 g/mol. The molecule has 1 heterocycles. The Balaban J connectivity index is 2.14. The summed E-state index contributed by atoms with van der Waals surface area (Å²) >= 11 is 0. The van der Waals surface area contributed by atoms with E-state index < -0.39 is 0 Å². The first-order chi connectivity index (χ1) is 6.59. The summed E-state index contributed by atoms with van der Waals surface area (Å²) in [6.07, 6.45) is 2.76. The van der Waals surface area contributed by atoms with Gasteiger partial charge in [0.05, 0.1) is 17.1 Å². The molecule has 1 atom stereocenters. The molecule has 0 radical (unpaired) electrons. The number of hydrogen-bond acceptors (Lipinski definition) is 2. The van der Waals surface area contributed by atoms with Crippen LogP contribution in [0.1, 0.15) is 31.2 Å². The Labute approximate surface area is 85.5 Å². The molecular formula is C11H19N3. The second-order valence-corrected chi connectivity index (χ2v) is 4.44. The number of anilines is 1. The van der Waals surface area contributed by atoms with Crippen LogP contribution in [0.4, 0.5) is 5.69 Å². The van der Waals surface area contributed by atoms with E-state index in [1.807, 2.05) is 11.7 Å². The minimum atomic E-state index is 0.594. The minimum Gasteiger partial charge on any atom is -0.379 e. The van der Waals surface area contributed by atoms with Gasteiger partial charge in [0.2, 0.25) is 0 Å². The van der Waals surface area contributed by atoms with Crippen molar-refractivity contribution in [3.63, 3.8) is 0 Å². The lowest BCUT2D eigenvalue weighted by atomic mass is 10.2. The number of aryl methyl sites for hydroxylation is 2. The highest BCUT2D eigenvalue weighted by Crippen LogP contribution is 2.34. The zero-order chi connectivity index (χ0) is 10.3. The smallest absolute Gasteiger partial charge is 0.0827 e. The maximum Gasteiger partial charge on any atom is 0.0827 e. The van der Waals surface area contributed by atoms with Crippen molar-refractivity contribution in [2.75, 3.05) is 5.32 Å². The van der Waals surface area contributed by atoms with Gasteiger partial charge in [-0.3, -0.25) is 4.68 Å². The van der Waals surface area contributed by atoms with Crippen molar-refractivity contribution < 1.29 is 0 Å². The lowest BCUT2D eigenvalue weighted by Crippen LogP contribution is -2.18. The number of rotatable bonds is 3. The average molecular weight is 193 g/mol. The zero-order valence-corrected chi connectivity index (χ0v) is 9.46. The van der Waals surface area contributed by atoms with Crippen molar-refractivity contribution >= 4 is 5.69 Å². The largest absolute Gasteiger partial charge is 0.379 e. The predicted molar refractivity (Wildman–Crippen MR) is 58.5 cm³/mol. The van der Waals surface area contributed by atoms with Crippen LogP contribution >= 0.6 is 0 Å². The van der Waals surface area contributed by atoms with Crippen LogP contribution in [0, 0.1) is 19.8 Å². The van der Waals surface area contributed by atoms with Crippen LogP contribution in [0.25, 0.3) is 0 Å². The highest BCUT2D eigenvalue weighted by molar-refractivity contribution is 5.52. The van der Waals surface area contributed by atoms with E-state index in [0.29, 0.717) is 6.04 Å². The second kappa shape index (κ2) is 3.30. The third kappa shape index (κ3) is 1.63. The summed E-state index contributed by atoms with van der Waals surface area (Å²) in [5.74, 6) is 0.883. The van der Waals surface area contributed by atoms with Gasteiger partial charge in [-0.05, 0) is 39.5 Å². The van der Waals surface area contributed by atoms with E-state index in [-0.39, 0.29) is 0 Å². The van der Waals surface area contributed by atoms with Gasteiger partial charge < -0.3 is 5.32 Å². The first-order valence-electron chi connectivity index (χ1n) is 5.36. The predicted octanol–water partition coefficient (Wildman–Crippen LogP) is 2.25. The van der Waals surface area contributed by atoms with Gasteiger partial charge in [0.15, 0.2) is 0 Å². The zero-order valence-electron chi connectivity index (χ0n) is 9.46. The topological polar surface area (TPSA) is 29.9 Å². The molecule has 0 saturated heterocycles. The van der Waals surface area contributed by atoms with E-state index >= 15 is 0 Å². The highest BCUT2D eigenvalue weighted by atomic mass is 15.3. The van der Waals surface area contributed by atoms with Crippen molar-refractivity contribution in [3.8, 4) is 0 Å². The Morgan fingerprint density at radius 3 is 2.50 bits per heavy atom. The minimum absolute atomic E-state index is 0.594. The Kier molecular flexibility index (Phi) is 2.25. The molecule has 1 fully saturated rings. The lowest BCUT2D eigenvalue weighted by molar-refractivity contribution is 0.691. The van der Waals surface area contributed by atoms with E-state index in [4.69, 9.17) is 0 Å². The molecule has 1 aromatic rings. The Morgan fingerprint density at radius 1 is 1.43 bits per heavy atom. The average Bonchev–Trinajstić information content (AvgIpc) is 2.91. The summed E-state index contributed by atoms with van der Waals surface area (Å²) in [6, 6.07) is 0.594. The third-order valence-corrected chi connectivity index (χ3v) is 3.21. The molecule has 1 saturated carbocycles. The van der Waals surface area contributed by atoms with Gasteiger partial charge in [0.25, 0.3) is 0 Å². The summed E-state index contributed by atoms with van der Waals surface area (Å²) in [7, 11) is 2.00. The fraction of sp³-hybridized carbons (Fsp3) is 0.727. The van der Waals surface area contributed by atoms with E-state index in [9.17, 15) is 0 Å². The number of aromatic nitrogens is 2. The number of hydrogen-bond donors (Lipinski definition) is 1. The third-order valence-electron chi connectivity index (χ3n) is 3.21. The lowest BCUT2D eigenvalue weighted by Gasteiger charge is -2.14. The van der Waals surface area contributed by atoms with E-state index in [1.165, 1.54) is 24.2 Å². The van der Waals surface area contributed by atoms with Crippen LogP contribution < -0.4 is 5.32 Å². The summed E-state index contributed by atoms with van der Waals surface area (Å²) in [4.78, 5) is 0. The molecule has 0 aromatic carbocycles. The Morgan fingerprint density at radius 2 is 2.07 bits per heavy atom. The standard InChI is InChI=1S/C11H19N3/c1-7(10-5-6-10)12-11-8(2)13-14(4)9(11)3/h7,10,12H,5-6H2,1-4H3. The van der Waals surface area contributed by atoms with Gasteiger partial charge in [-0.1, -0.05) is 0 Å². The molecule has 0 amide bonds. The van der Waals surface area contributed by atoms with Crippen LogP contribution in [0.2, 0.25) is 0 Å². The Hall–Kier alpha value is -0.990. The number of nitrogens with zero attached hydrogens (tertiary/aromatic N) is 2. The first kappa shape index (κ1) is 9.56. The van der Waals surface area contributed by atoms with Crippen molar-refractivity contribution in [2.45, 2.75) is 39.7 Å². The molecule has 0 aliphatic heterocycles. The van der Waals surface area contributed by atoms with E-state index in [1.54, 1.807) is 0 Å². The van der Waals surface area contributed by atoms with Crippen LogP contribution in [0.5, 0.6) is 0 Å². The summed E-state index contributed by atoms with van der Waals surface area (Å²) in [5.41, 5.74) is 3.57. The second-order valence-electron chi connectivity index (χ2n) is 4.44. The molecule has 14 heavy (non-hydrogen) atoms. The molecule has 3 nitrogen and oxygen atoms in total. The van der Waals surface area contributed by atoms with Gasteiger partial charge >= 0.3 is 0 Å². The summed E-state index contributed by atoms with van der Waals surface area (Å²) < 4.78 is 1.94. The maximum atomic E-state index is 4.40. The van der Waals surface area contributed by atoms with Gasteiger partial charge in [-0.15, -0.1) is 0 Å². The monoisotopic (exact) mass is 193 g/mol. The first-order valence-corrected chi connectivity index (χ1v) is 5.36. The summed E-state index contributed by atoms with van der Waals surface area (Å²) in [5, 5.41) is 7.98. The molecule has 0 spiro atoms. The Bertz CT molecular complexity index is 337. The summed E-state index contributed by atoms with van der Waals surface area (Å²) in [6.45, 7) is 6.44. The van der Waals surface area contributed by atoms with Crippen molar-refractivity contribution in [3.05, 3.63) is 11.4 Å². The SMILES string of the molecule is Cc1nn(C)c(C)c1NC(C)C1CC1.